The van der Waals surface area contributed by atoms with Crippen LogP contribution in [0.5, 0.6) is 5.75 Å². The molecule has 2 aromatic heterocycles. The second kappa shape index (κ2) is 8.57. The average Bonchev–Trinajstić information content (AvgIpc) is 3.57. The SMILES string of the molecule is COc1ccc(CC(=O)Nc2c(Cl)cncc2Cl)c2c1oc1ccc(NC(=O)C3CC3)cc12. The fraction of sp³-hybridized carbons (Fsp3) is 0.208. The Morgan fingerprint density at radius 2 is 1.88 bits per heavy atom. The summed E-state index contributed by atoms with van der Waals surface area (Å²) in [5.41, 5.74) is 2.87. The number of methoxy groups -OCH3 is 1. The number of pyridine rings is 1. The van der Waals surface area contributed by atoms with Gasteiger partial charge < -0.3 is 19.8 Å². The number of aromatic nitrogens is 1. The van der Waals surface area contributed by atoms with Crippen molar-refractivity contribution in [2.45, 2.75) is 19.3 Å². The van der Waals surface area contributed by atoms with Gasteiger partial charge >= 0.3 is 0 Å². The second-order valence-corrected chi connectivity index (χ2v) is 8.73. The van der Waals surface area contributed by atoms with Gasteiger partial charge in [0.1, 0.15) is 5.58 Å². The van der Waals surface area contributed by atoms with Crippen LogP contribution in [0.3, 0.4) is 0 Å². The molecule has 1 fully saturated rings. The Balaban J connectivity index is 1.53. The van der Waals surface area contributed by atoms with Crippen molar-refractivity contribution in [3.63, 3.8) is 0 Å². The van der Waals surface area contributed by atoms with E-state index >= 15 is 0 Å². The maximum Gasteiger partial charge on any atom is 0.228 e. The van der Waals surface area contributed by atoms with Gasteiger partial charge in [-0.2, -0.15) is 0 Å². The van der Waals surface area contributed by atoms with E-state index in [2.05, 4.69) is 15.6 Å². The van der Waals surface area contributed by atoms with E-state index in [1.807, 2.05) is 12.1 Å². The van der Waals surface area contributed by atoms with Gasteiger partial charge in [-0.25, -0.2) is 0 Å². The summed E-state index contributed by atoms with van der Waals surface area (Å²) in [5, 5.41) is 7.74. The third-order valence-corrected chi connectivity index (χ3v) is 6.15. The number of ether oxygens (including phenoxy) is 1. The van der Waals surface area contributed by atoms with E-state index in [-0.39, 0.29) is 34.2 Å². The minimum absolute atomic E-state index is 0.0189. The largest absolute Gasteiger partial charge is 0.493 e. The standard InChI is InChI=1S/C24H19Cl2N3O4/c1-32-19-6-4-13(8-20(30)29-22-16(25)10-27-11-17(22)26)21-15-9-14(28-24(31)12-2-3-12)5-7-18(15)33-23(19)21/h4-7,9-12H,2-3,8H2,1H3,(H,28,31)(H,27,29,30). The highest BCUT2D eigenvalue weighted by Crippen LogP contribution is 2.39. The molecule has 33 heavy (non-hydrogen) atoms. The molecule has 0 unspecified atom stereocenters. The van der Waals surface area contributed by atoms with Gasteiger partial charge in [0.25, 0.3) is 0 Å². The van der Waals surface area contributed by atoms with Crippen LogP contribution < -0.4 is 15.4 Å². The number of benzene rings is 2. The Hall–Kier alpha value is -3.29. The van der Waals surface area contributed by atoms with E-state index in [0.29, 0.717) is 28.3 Å². The smallest absolute Gasteiger partial charge is 0.228 e. The first-order chi connectivity index (χ1) is 15.9. The van der Waals surface area contributed by atoms with Crippen LogP contribution in [0.15, 0.2) is 47.1 Å². The minimum Gasteiger partial charge on any atom is -0.493 e. The molecule has 2 heterocycles. The van der Waals surface area contributed by atoms with Crippen LogP contribution in [0.2, 0.25) is 10.0 Å². The topological polar surface area (TPSA) is 93.5 Å². The lowest BCUT2D eigenvalue weighted by atomic mass is 10.0. The number of hydrogen-bond donors (Lipinski definition) is 2. The molecule has 2 amide bonds. The van der Waals surface area contributed by atoms with Gasteiger partial charge in [0.05, 0.1) is 29.3 Å². The number of nitrogens with one attached hydrogen (secondary N) is 2. The normalized spacial score (nSPS) is 13.3. The van der Waals surface area contributed by atoms with Crippen molar-refractivity contribution in [2.75, 3.05) is 17.7 Å². The van der Waals surface area contributed by atoms with Crippen molar-refractivity contribution in [3.05, 3.63) is 58.3 Å². The lowest BCUT2D eigenvalue weighted by Crippen LogP contribution is -2.15. The summed E-state index contributed by atoms with van der Waals surface area (Å²) in [4.78, 5) is 29.0. The van der Waals surface area contributed by atoms with Gasteiger partial charge in [-0.05, 0) is 42.7 Å². The molecule has 2 aromatic carbocycles. The number of rotatable bonds is 6. The predicted molar refractivity (Wildman–Crippen MR) is 128 cm³/mol. The molecule has 9 heteroatoms. The van der Waals surface area contributed by atoms with E-state index in [0.717, 1.165) is 29.2 Å². The number of carbonyl (C=O) groups is 2. The zero-order valence-corrected chi connectivity index (χ0v) is 19.1. The second-order valence-electron chi connectivity index (χ2n) is 7.91. The summed E-state index contributed by atoms with van der Waals surface area (Å²) in [6, 6.07) is 9.05. The van der Waals surface area contributed by atoms with Crippen LogP contribution in [-0.2, 0) is 16.0 Å². The monoisotopic (exact) mass is 483 g/mol. The first kappa shape index (κ1) is 21.6. The zero-order valence-electron chi connectivity index (χ0n) is 17.6. The van der Waals surface area contributed by atoms with Crippen molar-refractivity contribution in [3.8, 4) is 5.75 Å². The van der Waals surface area contributed by atoms with Gasteiger partial charge in [0, 0.05) is 34.8 Å². The maximum absolute atomic E-state index is 12.9. The van der Waals surface area contributed by atoms with Crippen LogP contribution in [0.1, 0.15) is 18.4 Å². The van der Waals surface area contributed by atoms with E-state index in [1.54, 1.807) is 25.3 Å². The molecule has 4 aromatic rings. The molecule has 0 saturated heterocycles. The van der Waals surface area contributed by atoms with Crippen molar-refractivity contribution in [2.24, 2.45) is 5.92 Å². The molecule has 1 aliphatic carbocycles. The molecule has 0 radical (unpaired) electrons. The Morgan fingerprint density at radius 3 is 2.58 bits per heavy atom. The lowest BCUT2D eigenvalue weighted by Gasteiger charge is -2.10. The van der Waals surface area contributed by atoms with Crippen molar-refractivity contribution < 1.29 is 18.7 Å². The highest BCUT2D eigenvalue weighted by atomic mass is 35.5. The Morgan fingerprint density at radius 1 is 1.12 bits per heavy atom. The molecule has 2 N–H and O–H groups in total. The van der Waals surface area contributed by atoms with E-state index in [1.165, 1.54) is 12.4 Å². The number of halogens is 2. The van der Waals surface area contributed by atoms with Gasteiger partial charge in [-0.15, -0.1) is 0 Å². The van der Waals surface area contributed by atoms with Crippen LogP contribution in [-0.4, -0.2) is 23.9 Å². The highest BCUT2D eigenvalue weighted by molar-refractivity contribution is 6.39. The maximum atomic E-state index is 12.9. The molecule has 1 saturated carbocycles. The summed E-state index contributed by atoms with van der Waals surface area (Å²) in [5.74, 6) is 0.358. The van der Waals surface area contributed by atoms with Gasteiger partial charge in [-0.1, -0.05) is 29.3 Å². The van der Waals surface area contributed by atoms with Crippen molar-refractivity contribution in [1.82, 2.24) is 4.98 Å². The first-order valence-electron chi connectivity index (χ1n) is 10.4. The zero-order chi connectivity index (χ0) is 23.1. The molecular formula is C24H19Cl2N3O4. The Kier molecular flexibility index (Phi) is 5.60. The number of nitrogens with zero attached hydrogens (tertiary/aromatic N) is 1. The molecular weight excluding hydrogens is 465 g/mol. The van der Waals surface area contributed by atoms with Crippen LogP contribution in [0.25, 0.3) is 21.9 Å². The summed E-state index contributed by atoms with van der Waals surface area (Å²) in [7, 11) is 1.56. The molecule has 168 valence electrons. The fourth-order valence-electron chi connectivity index (χ4n) is 3.79. The number of anilines is 2. The third-order valence-electron chi connectivity index (χ3n) is 5.57. The molecule has 1 aliphatic rings. The number of furan rings is 1. The van der Waals surface area contributed by atoms with E-state index in [9.17, 15) is 9.59 Å². The van der Waals surface area contributed by atoms with Gasteiger partial charge in [-0.3, -0.25) is 14.6 Å². The van der Waals surface area contributed by atoms with Gasteiger partial charge in [0.15, 0.2) is 11.3 Å². The van der Waals surface area contributed by atoms with Crippen LogP contribution >= 0.6 is 23.2 Å². The predicted octanol–water partition coefficient (Wildman–Crippen LogP) is 5.83. The number of amides is 2. The molecule has 0 atom stereocenters. The summed E-state index contributed by atoms with van der Waals surface area (Å²) < 4.78 is 11.5. The lowest BCUT2D eigenvalue weighted by molar-refractivity contribution is -0.117. The van der Waals surface area contributed by atoms with E-state index in [4.69, 9.17) is 32.4 Å². The minimum atomic E-state index is -0.302. The first-order valence-corrected chi connectivity index (χ1v) is 11.1. The Labute approximate surface area is 199 Å². The average molecular weight is 484 g/mol. The number of carbonyl (C=O) groups excluding carboxylic acids is 2. The Bertz CT molecular complexity index is 1390. The molecule has 0 aliphatic heterocycles. The van der Waals surface area contributed by atoms with Crippen LogP contribution in [0.4, 0.5) is 11.4 Å². The quantitative estimate of drug-likeness (QED) is 0.360. The van der Waals surface area contributed by atoms with Crippen molar-refractivity contribution in [1.29, 1.82) is 0 Å². The summed E-state index contributed by atoms with van der Waals surface area (Å²) >= 11 is 12.3. The number of hydrogen-bond acceptors (Lipinski definition) is 5. The fourth-order valence-corrected chi connectivity index (χ4v) is 4.25. The van der Waals surface area contributed by atoms with Crippen molar-refractivity contribution >= 4 is 68.3 Å². The van der Waals surface area contributed by atoms with Crippen LogP contribution in [0, 0.1) is 5.92 Å². The summed E-state index contributed by atoms with van der Waals surface area (Å²) in [6.07, 6.45) is 4.71. The molecule has 0 bridgehead atoms. The third kappa shape index (κ3) is 4.21. The number of fused-ring (bicyclic) bond motifs is 3. The van der Waals surface area contributed by atoms with Gasteiger partial charge in [0.2, 0.25) is 11.8 Å². The molecule has 7 nitrogen and oxygen atoms in total. The van der Waals surface area contributed by atoms with E-state index < -0.39 is 0 Å². The highest BCUT2D eigenvalue weighted by Gasteiger charge is 2.29. The summed E-state index contributed by atoms with van der Waals surface area (Å²) in [6.45, 7) is 0. The molecule has 0 spiro atoms. The molecule has 5 rings (SSSR count).